The lowest BCUT2D eigenvalue weighted by Crippen LogP contribution is -2.23. The highest BCUT2D eigenvalue weighted by atomic mass is 19.4. The largest absolute Gasteiger partial charge is 0.416 e. The van der Waals surface area contributed by atoms with Gasteiger partial charge in [-0.15, -0.1) is 0 Å². The number of nitrogens with zero attached hydrogens (tertiary/aromatic N) is 2. The number of rotatable bonds is 4. The highest BCUT2D eigenvalue weighted by Crippen LogP contribution is 2.29. The number of halogens is 3. The first kappa shape index (κ1) is 15.1. The summed E-state index contributed by atoms with van der Waals surface area (Å²) in [5, 5.41) is 6.89. The molecule has 0 unspecified atom stereocenters. The molecular weight excluding hydrogens is 283 g/mol. The molecule has 1 aromatic heterocycles. The number of hydrogen-bond donors (Lipinski definition) is 1. The third-order valence-corrected chi connectivity index (χ3v) is 2.84. The molecule has 0 saturated carbocycles. The number of hydrogen-bond acceptors (Lipinski definition) is 3. The topological polar surface area (TPSA) is 46.9 Å². The average molecular weight is 297 g/mol. The first-order chi connectivity index (χ1) is 9.90. The van der Waals surface area contributed by atoms with Gasteiger partial charge in [0, 0.05) is 12.6 Å². The van der Waals surface area contributed by atoms with Crippen LogP contribution in [0.1, 0.15) is 18.1 Å². The quantitative estimate of drug-likeness (QED) is 0.944. The van der Waals surface area contributed by atoms with Crippen molar-refractivity contribution in [2.75, 3.05) is 11.9 Å². The van der Waals surface area contributed by atoms with Crippen LogP contribution < -0.4 is 10.9 Å². The lowest BCUT2D eigenvalue weighted by Gasteiger charge is -2.10. The number of aromatic nitrogens is 2. The fourth-order valence-electron chi connectivity index (χ4n) is 1.87. The Bertz CT molecular complexity index is 680. The van der Waals surface area contributed by atoms with Crippen molar-refractivity contribution >= 4 is 5.69 Å². The molecule has 21 heavy (non-hydrogen) atoms. The van der Waals surface area contributed by atoms with Gasteiger partial charge in [0.1, 0.15) is 0 Å². The predicted octanol–water partition coefficient (Wildman–Crippen LogP) is 2.74. The third-order valence-electron chi connectivity index (χ3n) is 2.84. The van der Waals surface area contributed by atoms with Crippen LogP contribution in [0.2, 0.25) is 0 Å². The molecule has 0 amide bonds. The smallest absolute Gasteiger partial charge is 0.384 e. The Balaban J connectivity index is 2.24. The van der Waals surface area contributed by atoms with Gasteiger partial charge < -0.3 is 5.32 Å². The molecule has 0 spiro atoms. The van der Waals surface area contributed by atoms with Gasteiger partial charge in [-0.3, -0.25) is 4.79 Å². The molecule has 2 aromatic rings. The van der Waals surface area contributed by atoms with Crippen molar-refractivity contribution in [1.29, 1.82) is 0 Å². The minimum Gasteiger partial charge on any atom is -0.384 e. The summed E-state index contributed by atoms with van der Waals surface area (Å²) in [6.45, 7) is 2.53. The van der Waals surface area contributed by atoms with Crippen LogP contribution in [0.5, 0.6) is 0 Å². The van der Waals surface area contributed by atoms with Crippen LogP contribution in [0.4, 0.5) is 18.9 Å². The van der Waals surface area contributed by atoms with Gasteiger partial charge in [0.05, 0.1) is 24.0 Å². The number of alkyl halides is 3. The monoisotopic (exact) mass is 297 g/mol. The Kier molecular flexibility index (Phi) is 4.30. The summed E-state index contributed by atoms with van der Waals surface area (Å²) < 4.78 is 39.0. The second kappa shape index (κ2) is 5.99. The third kappa shape index (κ3) is 3.84. The molecule has 7 heteroatoms. The second-order valence-electron chi connectivity index (χ2n) is 4.47. The van der Waals surface area contributed by atoms with Crippen molar-refractivity contribution < 1.29 is 13.2 Å². The van der Waals surface area contributed by atoms with E-state index in [2.05, 4.69) is 10.4 Å². The van der Waals surface area contributed by atoms with Gasteiger partial charge in [-0.25, -0.2) is 4.68 Å². The van der Waals surface area contributed by atoms with Crippen LogP contribution >= 0.6 is 0 Å². The van der Waals surface area contributed by atoms with Crippen LogP contribution in [0, 0.1) is 0 Å². The molecule has 1 heterocycles. The zero-order valence-corrected chi connectivity index (χ0v) is 11.3. The molecule has 0 aliphatic carbocycles. The van der Waals surface area contributed by atoms with E-state index in [-0.39, 0.29) is 12.1 Å². The molecule has 2 rings (SSSR count). The van der Waals surface area contributed by atoms with Crippen LogP contribution in [0.25, 0.3) is 0 Å². The first-order valence-corrected chi connectivity index (χ1v) is 6.37. The average Bonchev–Trinajstić information content (AvgIpc) is 2.42. The Morgan fingerprint density at radius 3 is 2.67 bits per heavy atom. The number of benzene rings is 1. The van der Waals surface area contributed by atoms with Gasteiger partial charge in [-0.2, -0.15) is 18.3 Å². The van der Waals surface area contributed by atoms with Crippen molar-refractivity contribution in [1.82, 2.24) is 9.78 Å². The maximum atomic E-state index is 12.6. The standard InChI is InChI=1S/C14H14F3N3O/c1-2-18-12-7-13(21)20(19-8-12)9-10-4-3-5-11(6-10)14(15,16)17/h3-8,18H,2,9H2,1H3. The van der Waals surface area contributed by atoms with Gasteiger partial charge in [0.2, 0.25) is 0 Å². The van der Waals surface area contributed by atoms with Crippen LogP contribution in [-0.4, -0.2) is 16.3 Å². The van der Waals surface area contributed by atoms with Crippen LogP contribution in [0.15, 0.2) is 41.3 Å². The Hall–Kier alpha value is -2.31. The van der Waals surface area contributed by atoms with Gasteiger partial charge in [-0.1, -0.05) is 12.1 Å². The molecule has 0 aliphatic rings. The number of nitrogens with one attached hydrogen (secondary N) is 1. The van der Waals surface area contributed by atoms with E-state index in [1.807, 2.05) is 6.92 Å². The normalized spacial score (nSPS) is 11.4. The summed E-state index contributed by atoms with van der Waals surface area (Å²) in [6.07, 6.45) is -2.93. The van der Waals surface area contributed by atoms with Crippen molar-refractivity contribution in [2.45, 2.75) is 19.6 Å². The van der Waals surface area contributed by atoms with Gasteiger partial charge >= 0.3 is 6.18 Å². The molecule has 0 aliphatic heterocycles. The summed E-state index contributed by atoms with van der Waals surface area (Å²) in [5.74, 6) is 0. The summed E-state index contributed by atoms with van der Waals surface area (Å²) in [4.78, 5) is 11.8. The maximum absolute atomic E-state index is 12.6. The van der Waals surface area contributed by atoms with E-state index in [1.54, 1.807) is 0 Å². The molecule has 112 valence electrons. The van der Waals surface area contributed by atoms with E-state index < -0.39 is 11.7 Å². The van der Waals surface area contributed by atoms with Gasteiger partial charge in [0.25, 0.3) is 5.56 Å². The first-order valence-electron chi connectivity index (χ1n) is 6.37. The molecule has 0 atom stereocenters. The van der Waals surface area contributed by atoms with E-state index in [1.165, 1.54) is 24.4 Å². The highest BCUT2D eigenvalue weighted by molar-refractivity contribution is 5.38. The Morgan fingerprint density at radius 1 is 1.29 bits per heavy atom. The van der Waals surface area contributed by atoms with Crippen molar-refractivity contribution in [2.24, 2.45) is 0 Å². The maximum Gasteiger partial charge on any atom is 0.416 e. The van der Waals surface area contributed by atoms with Crippen molar-refractivity contribution in [3.63, 3.8) is 0 Å². The second-order valence-corrected chi connectivity index (χ2v) is 4.47. The molecule has 0 bridgehead atoms. The molecule has 1 N–H and O–H groups in total. The Morgan fingerprint density at radius 2 is 2.05 bits per heavy atom. The highest BCUT2D eigenvalue weighted by Gasteiger charge is 2.30. The summed E-state index contributed by atoms with van der Waals surface area (Å²) in [6, 6.07) is 6.22. The Labute approximate surface area is 119 Å². The summed E-state index contributed by atoms with van der Waals surface area (Å²) >= 11 is 0. The summed E-state index contributed by atoms with van der Waals surface area (Å²) in [5.41, 5.74) is -0.151. The minimum atomic E-state index is -4.40. The van der Waals surface area contributed by atoms with Crippen molar-refractivity contribution in [3.05, 3.63) is 58.0 Å². The molecule has 0 radical (unpaired) electrons. The molecular formula is C14H14F3N3O. The predicted molar refractivity (Wildman–Crippen MR) is 73.2 cm³/mol. The van der Waals surface area contributed by atoms with Crippen molar-refractivity contribution in [3.8, 4) is 0 Å². The minimum absolute atomic E-state index is 0.00480. The van der Waals surface area contributed by atoms with E-state index in [4.69, 9.17) is 0 Å². The molecule has 4 nitrogen and oxygen atoms in total. The molecule has 0 fully saturated rings. The van der Waals surface area contributed by atoms with Crippen LogP contribution in [0.3, 0.4) is 0 Å². The summed E-state index contributed by atoms with van der Waals surface area (Å²) in [7, 11) is 0. The van der Waals surface area contributed by atoms with E-state index in [0.29, 0.717) is 17.8 Å². The van der Waals surface area contributed by atoms with Gasteiger partial charge in [0.15, 0.2) is 0 Å². The van der Waals surface area contributed by atoms with E-state index in [9.17, 15) is 18.0 Å². The lowest BCUT2D eigenvalue weighted by molar-refractivity contribution is -0.137. The van der Waals surface area contributed by atoms with Crippen LogP contribution in [-0.2, 0) is 12.7 Å². The van der Waals surface area contributed by atoms with Gasteiger partial charge in [-0.05, 0) is 24.6 Å². The fraction of sp³-hybridized carbons (Fsp3) is 0.286. The molecule has 0 saturated heterocycles. The van der Waals surface area contributed by atoms with E-state index in [0.717, 1.165) is 16.8 Å². The zero-order chi connectivity index (χ0) is 15.5. The molecule has 1 aromatic carbocycles. The number of anilines is 1. The lowest BCUT2D eigenvalue weighted by atomic mass is 10.1. The van der Waals surface area contributed by atoms with E-state index >= 15 is 0 Å². The fourth-order valence-corrected chi connectivity index (χ4v) is 1.87. The zero-order valence-electron chi connectivity index (χ0n) is 11.3. The SMILES string of the molecule is CCNc1cnn(Cc2cccc(C(F)(F)F)c2)c(=O)c1.